The van der Waals surface area contributed by atoms with Crippen molar-refractivity contribution in [1.82, 2.24) is 4.98 Å². The van der Waals surface area contributed by atoms with Crippen LogP contribution in [0.4, 0.5) is 18.9 Å². The van der Waals surface area contributed by atoms with Crippen LogP contribution in [0.1, 0.15) is 5.56 Å². The summed E-state index contributed by atoms with van der Waals surface area (Å²) in [6.45, 7) is 0.316. The Labute approximate surface area is 113 Å². The zero-order chi connectivity index (χ0) is 14.1. The third kappa shape index (κ3) is 2.34. The summed E-state index contributed by atoms with van der Waals surface area (Å²) >= 11 is 0. The van der Waals surface area contributed by atoms with Gasteiger partial charge in [0.25, 0.3) is 0 Å². The van der Waals surface area contributed by atoms with Crippen LogP contribution in [0.3, 0.4) is 0 Å². The molecule has 0 aliphatic carbocycles. The van der Waals surface area contributed by atoms with Crippen LogP contribution in [0.15, 0.2) is 42.6 Å². The second kappa shape index (κ2) is 4.92. The van der Waals surface area contributed by atoms with Crippen molar-refractivity contribution in [2.45, 2.75) is 6.54 Å². The van der Waals surface area contributed by atoms with E-state index in [1.54, 1.807) is 0 Å². The first kappa shape index (κ1) is 12.6. The fourth-order valence-electron chi connectivity index (χ4n) is 2.06. The lowest BCUT2D eigenvalue weighted by molar-refractivity contribution is 0.496. The standard InChI is InChI=1S/C15H11F3N2/c16-11-6-13(18)15(7-12(11)17)20-8-9-1-2-10-3-4-19-14(10)5-9/h1-7,19-20H,8H2. The van der Waals surface area contributed by atoms with Crippen molar-refractivity contribution in [1.29, 1.82) is 0 Å². The Morgan fingerprint density at radius 1 is 0.900 bits per heavy atom. The summed E-state index contributed by atoms with van der Waals surface area (Å²) in [5, 5.41) is 3.84. The zero-order valence-corrected chi connectivity index (χ0v) is 10.4. The van der Waals surface area contributed by atoms with E-state index in [9.17, 15) is 13.2 Å². The van der Waals surface area contributed by atoms with Crippen molar-refractivity contribution in [3.05, 3.63) is 65.6 Å². The molecule has 0 saturated carbocycles. The van der Waals surface area contributed by atoms with E-state index in [4.69, 9.17) is 0 Å². The molecule has 0 fully saturated rings. The summed E-state index contributed by atoms with van der Waals surface area (Å²) in [5.41, 5.74) is 1.81. The van der Waals surface area contributed by atoms with Gasteiger partial charge in [0.05, 0.1) is 5.69 Å². The third-order valence-corrected chi connectivity index (χ3v) is 3.11. The quantitative estimate of drug-likeness (QED) is 0.689. The molecule has 0 aliphatic heterocycles. The number of nitrogens with one attached hydrogen (secondary N) is 2. The SMILES string of the molecule is Fc1cc(F)c(NCc2ccc3cc[nH]c3c2)cc1F. The van der Waals surface area contributed by atoms with E-state index in [2.05, 4.69) is 10.3 Å². The number of fused-ring (bicyclic) bond motifs is 1. The number of benzene rings is 2. The number of aromatic amines is 1. The average Bonchev–Trinajstić information content (AvgIpc) is 2.89. The maximum absolute atomic E-state index is 13.5. The lowest BCUT2D eigenvalue weighted by atomic mass is 10.1. The fourth-order valence-corrected chi connectivity index (χ4v) is 2.06. The predicted octanol–water partition coefficient (Wildman–Crippen LogP) is 4.20. The highest BCUT2D eigenvalue weighted by Crippen LogP contribution is 2.20. The Balaban J connectivity index is 1.80. The normalized spacial score (nSPS) is 10.9. The number of rotatable bonds is 3. The van der Waals surface area contributed by atoms with Crippen LogP contribution in [0.25, 0.3) is 10.9 Å². The summed E-state index contributed by atoms with van der Waals surface area (Å²) in [6, 6.07) is 9.04. The Bertz CT molecular complexity index is 765. The molecular formula is C15H11F3N2. The number of halogens is 3. The van der Waals surface area contributed by atoms with Gasteiger partial charge >= 0.3 is 0 Å². The molecule has 0 spiro atoms. The second-order valence-electron chi connectivity index (χ2n) is 4.50. The average molecular weight is 276 g/mol. The first-order valence-electron chi connectivity index (χ1n) is 6.08. The van der Waals surface area contributed by atoms with Crippen LogP contribution in [0.2, 0.25) is 0 Å². The minimum absolute atomic E-state index is 0.0597. The van der Waals surface area contributed by atoms with E-state index < -0.39 is 17.5 Å². The van der Waals surface area contributed by atoms with Crippen molar-refractivity contribution in [2.75, 3.05) is 5.32 Å². The first-order chi connectivity index (χ1) is 9.63. The Morgan fingerprint density at radius 2 is 1.70 bits per heavy atom. The second-order valence-corrected chi connectivity index (χ2v) is 4.50. The topological polar surface area (TPSA) is 27.8 Å². The minimum Gasteiger partial charge on any atom is -0.379 e. The molecule has 0 bridgehead atoms. The summed E-state index contributed by atoms with van der Waals surface area (Å²) in [6.07, 6.45) is 1.83. The lowest BCUT2D eigenvalue weighted by Gasteiger charge is -2.08. The van der Waals surface area contributed by atoms with Gasteiger partial charge in [-0.2, -0.15) is 0 Å². The highest BCUT2D eigenvalue weighted by Gasteiger charge is 2.09. The van der Waals surface area contributed by atoms with E-state index in [1.807, 2.05) is 30.5 Å². The maximum Gasteiger partial charge on any atom is 0.161 e. The fraction of sp³-hybridized carbons (Fsp3) is 0.0667. The first-order valence-corrected chi connectivity index (χ1v) is 6.08. The van der Waals surface area contributed by atoms with E-state index in [1.165, 1.54) is 0 Å². The van der Waals surface area contributed by atoms with Gasteiger partial charge in [-0.1, -0.05) is 12.1 Å². The van der Waals surface area contributed by atoms with Crippen molar-refractivity contribution in [3.63, 3.8) is 0 Å². The molecule has 3 rings (SSSR count). The van der Waals surface area contributed by atoms with E-state index in [0.29, 0.717) is 12.6 Å². The van der Waals surface area contributed by atoms with Crippen LogP contribution in [0, 0.1) is 17.5 Å². The predicted molar refractivity (Wildman–Crippen MR) is 71.9 cm³/mol. The molecule has 0 radical (unpaired) electrons. The molecule has 1 heterocycles. The molecule has 1 aromatic heterocycles. The van der Waals surface area contributed by atoms with Gasteiger partial charge < -0.3 is 10.3 Å². The molecule has 102 valence electrons. The highest BCUT2D eigenvalue weighted by molar-refractivity contribution is 5.79. The molecule has 0 amide bonds. The molecule has 2 nitrogen and oxygen atoms in total. The number of H-pyrrole nitrogens is 1. The zero-order valence-electron chi connectivity index (χ0n) is 10.4. The molecular weight excluding hydrogens is 265 g/mol. The molecule has 5 heteroatoms. The van der Waals surface area contributed by atoms with E-state index in [0.717, 1.165) is 22.5 Å². The van der Waals surface area contributed by atoms with Gasteiger partial charge in [-0.25, -0.2) is 13.2 Å². The smallest absolute Gasteiger partial charge is 0.161 e. The summed E-state index contributed by atoms with van der Waals surface area (Å²) < 4.78 is 39.3. The summed E-state index contributed by atoms with van der Waals surface area (Å²) in [4.78, 5) is 3.07. The number of anilines is 1. The Hall–Kier alpha value is -2.43. The largest absolute Gasteiger partial charge is 0.379 e. The summed E-state index contributed by atoms with van der Waals surface area (Å²) in [5.74, 6) is -3.08. The molecule has 3 aromatic rings. The number of hydrogen-bond donors (Lipinski definition) is 2. The van der Waals surface area contributed by atoms with E-state index in [-0.39, 0.29) is 5.69 Å². The van der Waals surface area contributed by atoms with Crippen molar-refractivity contribution < 1.29 is 13.2 Å². The van der Waals surface area contributed by atoms with Crippen molar-refractivity contribution in [3.8, 4) is 0 Å². The monoisotopic (exact) mass is 276 g/mol. The van der Waals surface area contributed by atoms with Crippen LogP contribution in [-0.2, 0) is 6.54 Å². The molecule has 2 aromatic carbocycles. The Kier molecular flexibility index (Phi) is 3.10. The van der Waals surface area contributed by atoms with E-state index >= 15 is 0 Å². The Morgan fingerprint density at radius 3 is 2.55 bits per heavy atom. The van der Waals surface area contributed by atoms with Gasteiger partial charge in [0.2, 0.25) is 0 Å². The van der Waals surface area contributed by atoms with Gasteiger partial charge in [-0.15, -0.1) is 0 Å². The molecule has 0 unspecified atom stereocenters. The van der Waals surface area contributed by atoms with Crippen molar-refractivity contribution >= 4 is 16.6 Å². The lowest BCUT2D eigenvalue weighted by Crippen LogP contribution is -2.03. The molecule has 0 saturated heterocycles. The van der Waals surface area contributed by atoms with Gasteiger partial charge in [0.15, 0.2) is 11.6 Å². The highest BCUT2D eigenvalue weighted by atomic mass is 19.2. The molecule has 0 aliphatic rings. The van der Waals surface area contributed by atoms with Crippen LogP contribution in [-0.4, -0.2) is 4.98 Å². The molecule has 20 heavy (non-hydrogen) atoms. The van der Waals surface area contributed by atoms with Crippen molar-refractivity contribution in [2.24, 2.45) is 0 Å². The van der Waals surface area contributed by atoms with Gasteiger partial charge in [-0.3, -0.25) is 0 Å². The number of aromatic nitrogens is 1. The molecule has 2 N–H and O–H groups in total. The minimum atomic E-state index is -1.19. The molecule has 0 atom stereocenters. The van der Waals surface area contributed by atoms with Gasteiger partial charge in [-0.05, 0) is 23.1 Å². The summed E-state index contributed by atoms with van der Waals surface area (Å²) in [7, 11) is 0. The number of hydrogen-bond acceptors (Lipinski definition) is 1. The van der Waals surface area contributed by atoms with Crippen LogP contribution >= 0.6 is 0 Å². The van der Waals surface area contributed by atoms with Crippen LogP contribution < -0.4 is 5.32 Å². The van der Waals surface area contributed by atoms with Crippen LogP contribution in [0.5, 0.6) is 0 Å². The van der Waals surface area contributed by atoms with Gasteiger partial charge in [0.1, 0.15) is 5.82 Å². The third-order valence-electron chi connectivity index (χ3n) is 3.11. The maximum atomic E-state index is 13.5. The van der Waals surface area contributed by atoms with Gasteiger partial charge in [0, 0.05) is 30.4 Å².